The number of aromatic nitrogens is 2. The van der Waals surface area contributed by atoms with Crippen LogP contribution >= 0.6 is 0 Å². The van der Waals surface area contributed by atoms with Gasteiger partial charge in [0.15, 0.2) is 0 Å². The van der Waals surface area contributed by atoms with Gasteiger partial charge < -0.3 is 9.47 Å². The maximum absolute atomic E-state index is 11.3. The van der Waals surface area contributed by atoms with Crippen LogP contribution in [0.3, 0.4) is 0 Å². The smallest absolute Gasteiger partial charge is 0.267 e. The predicted molar refractivity (Wildman–Crippen MR) is 115 cm³/mol. The molecule has 2 fully saturated rings. The number of hydrogen-bond donors (Lipinski definition) is 2. The molecule has 156 valence electrons. The van der Waals surface area contributed by atoms with Gasteiger partial charge in [-0.2, -0.15) is 0 Å². The Labute approximate surface area is 172 Å². The minimum atomic E-state index is -0.529. The number of nitrogens with zero attached hydrogens (tertiary/aromatic N) is 3. The van der Waals surface area contributed by atoms with Gasteiger partial charge in [0.05, 0.1) is 11.0 Å². The van der Waals surface area contributed by atoms with Crippen LogP contribution in [0.25, 0.3) is 17.1 Å². The number of aryl methyl sites for hydroxylation is 1. The topological polar surface area (TPSA) is 70.4 Å². The molecule has 1 aliphatic heterocycles. The highest BCUT2D eigenvalue weighted by Gasteiger charge is 2.18. The minimum Gasteiger partial charge on any atom is -0.327 e. The molecule has 0 bridgehead atoms. The second kappa shape index (κ2) is 9.55. The number of nitrogens with one attached hydrogen (secondary N) is 1. The van der Waals surface area contributed by atoms with E-state index >= 15 is 0 Å². The molecule has 1 aliphatic carbocycles. The number of hydroxylamine groups is 1. The van der Waals surface area contributed by atoms with Crippen LogP contribution in [0.4, 0.5) is 0 Å². The van der Waals surface area contributed by atoms with Crippen LogP contribution in [0.5, 0.6) is 0 Å². The maximum atomic E-state index is 11.3. The number of likely N-dealkylation sites (tertiary alicyclic amines) is 1. The molecule has 2 N–H and O–H groups in total. The first-order valence-corrected chi connectivity index (χ1v) is 11.1. The molecular weight excluding hydrogens is 364 g/mol. The lowest BCUT2D eigenvalue weighted by atomic mass is 10.0. The SMILES string of the molecule is O=C(C=Cc1ccc2c(c1)nc(CCC1CCCC1)n2CCN1CCCC1)NO. The van der Waals surface area contributed by atoms with Crippen molar-refractivity contribution >= 4 is 23.0 Å². The number of benzene rings is 1. The Hall–Kier alpha value is -2.18. The molecule has 1 amide bonds. The number of carbonyl (C=O) groups excluding carboxylic acids is 1. The van der Waals surface area contributed by atoms with Gasteiger partial charge in [0.25, 0.3) is 5.91 Å². The van der Waals surface area contributed by atoms with E-state index in [1.807, 2.05) is 12.1 Å². The first-order chi connectivity index (χ1) is 14.2. The Morgan fingerprint density at radius 2 is 1.97 bits per heavy atom. The van der Waals surface area contributed by atoms with E-state index in [4.69, 9.17) is 10.2 Å². The molecule has 0 radical (unpaired) electrons. The highest BCUT2D eigenvalue weighted by molar-refractivity contribution is 5.91. The quantitative estimate of drug-likeness (QED) is 0.405. The normalized spacial score (nSPS) is 18.4. The number of hydrogen-bond acceptors (Lipinski definition) is 4. The summed E-state index contributed by atoms with van der Waals surface area (Å²) in [4.78, 5) is 18.8. The van der Waals surface area contributed by atoms with Crippen molar-refractivity contribution in [3.05, 3.63) is 35.7 Å². The summed E-state index contributed by atoms with van der Waals surface area (Å²) >= 11 is 0. The Balaban J connectivity index is 1.55. The summed E-state index contributed by atoms with van der Waals surface area (Å²) in [7, 11) is 0. The number of rotatable bonds is 8. The molecule has 1 saturated heterocycles. The van der Waals surface area contributed by atoms with Crippen LogP contribution in [-0.4, -0.2) is 45.2 Å². The van der Waals surface area contributed by atoms with E-state index < -0.39 is 5.91 Å². The summed E-state index contributed by atoms with van der Waals surface area (Å²) in [5.74, 6) is 1.52. The van der Waals surface area contributed by atoms with Gasteiger partial charge >= 0.3 is 0 Å². The van der Waals surface area contributed by atoms with E-state index in [0.29, 0.717) is 0 Å². The van der Waals surface area contributed by atoms with Crippen molar-refractivity contribution in [1.29, 1.82) is 0 Å². The number of amides is 1. The van der Waals surface area contributed by atoms with Gasteiger partial charge in [-0.05, 0) is 62.0 Å². The van der Waals surface area contributed by atoms with Crippen molar-refractivity contribution in [3.63, 3.8) is 0 Å². The Kier molecular flexibility index (Phi) is 6.62. The number of imidazole rings is 1. The molecule has 0 atom stereocenters. The van der Waals surface area contributed by atoms with Crippen LogP contribution in [0.15, 0.2) is 24.3 Å². The van der Waals surface area contributed by atoms with Crippen LogP contribution in [-0.2, 0) is 17.8 Å². The maximum Gasteiger partial charge on any atom is 0.267 e. The summed E-state index contributed by atoms with van der Waals surface area (Å²) in [5, 5.41) is 8.65. The van der Waals surface area contributed by atoms with Crippen LogP contribution in [0, 0.1) is 5.92 Å². The molecule has 6 heteroatoms. The second-order valence-electron chi connectivity index (χ2n) is 8.48. The van der Waals surface area contributed by atoms with Crippen molar-refractivity contribution in [2.45, 2.75) is 57.9 Å². The van der Waals surface area contributed by atoms with E-state index in [1.54, 1.807) is 11.6 Å². The lowest BCUT2D eigenvalue weighted by molar-refractivity contribution is -0.124. The number of fused-ring (bicyclic) bond motifs is 1. The zero-order chi connectivity index (χ0) is 20.1. The molecule has 0 spiro atoms. The first-order valence-electron chi connectivity index (χ1n) is 11.1. The molecule has 29 heavy (non-hydrogen) atoms. The van der Waals surface area contributed by atoms with Crippen LogP contribution in [0.2, 0.25) is 0 Å². The number of carbonyl (C=O) groups is 1. The molecule has 2 heterocycles. The molecule has 0 unspecified atom stereocenters. The summed E-state index contributed by atoms with van der Waals surface area (Å²) in [5.41, 5.74) is 4.69. The van der Waals surface area contributed by atoms with Gasteiger partial charge in [0.2, 0.25) is 0 Å². The van der Waals surface area contributed by atoms with Crippen LogP contribution < -0.4 is 5.48 Å². The standard InChI is InChI=1S/C23H32N4O2/c28-23(25-29)12-9-19-7-10-21-20(17-19)24-22(11-8-18-5-1-2-6-18)27(21)16-15-26-13-3-4-14-26/h7,9-10,12,17-18,29H,1-6,8,11,13-16H2,(H,25,28). The summed E-state index contributed by atoms with van der Waals surface area (Å²) in [6.45, 7) is 4.50. The van der Waals surface area contributed by atoms with Crippen LogP contribution in [0.1, 0.15) is 56.3 Å². The van der Waals surface area contributed by atoms with E-state index in [0.717, 1.165) is 36.5 Å². The monoisotopic (exact) mass is 396 g/mol. The summed E-state index contributed by atoms with van der Waals surface area (Å²) in [6.07, 6.45) is 13.4. The average Bonchev–Trinajstić information content (AvgIpc) is 3.49. The Morgan fingerprint density at radius 1 is 1.17 bits per heavy atom. The van der Waals surface area contributed by atoms with Gasteiger partial charge in [0, 0.05) is 25.6 Å². The molecule has 1 saturated carbocycles. The van der Waals surface area contributed by atoms with Gasteiger partial charge in [-0.1, -0.05) is 31.7 Å². The second-order valence-corrected chi connectivity index (χ2v) is 8.48. The van der Waals surface area contributed by atoms with Gasteiger partial charge in [-0.15, -0.1) is 0 Å². The van der Waals surface area contributed by atoms with Crippen molar-refractivity contribution in [1.82, 2.24) is 19.9 Å². The first kappa shape index (κ1) is 20.1. The molecule has 1 aromatic heterocycles. The van der Waals surface area contributed by atoms with Gasteiger partial charge in [-0.3, -0.25) is 10.0 Å². The zero-order valence-electron chi connectivity index (χ0n) is 17.1. The zero-order valence-corrected chi connectivity index (χ0v) is 17.1. The lowest BCUT2D eigenvalue weighted by Crippen LogP contribution is -2.24. The summed E-state index contributed by atoms with van der Waals surface area (Å²) < 4.78 is 2.41. The van der Waals surface area contributed by atoms with E-state index in [-0.39, 0.29) is 0 Å². The third-order valence-electron chi connectivity index (χ3n) is 6.48. The van der Waals surface area contributed by atoms with Gasteiger partial charge in [-0.25, -0.2) is 10.5 Å². The van der Waals surface area contributed by atoms with Crippen molar-refractivity contribution in [3.8, 4) is 0 Å². The third-order valence-corrected chi connectivity index (χ3v) is 6.48. The molecule has 6 nitrogen and oxygen atoms in total. The Morgan fingerprint density at radius 3 is 2.72 bits per heavy atom. The fraction of sp³-hybridized carbons (Fsp3) is 0.565. The summed E-state index contributed by atoms with van der Waals surface area (Å²) in [6, 6.07) is 6.15. The lowest BCUT2D eigenvalue weighted by Gasteiger charge is -2.17. The molecule has 1 aromatic carbocycles. The largest absolute Gasteiger partial charge is 0.327 e. The van der Waals surface area contributed by atoms with Crippen molar-refractivity contribution in [2.75, 3.05) is 19.6 Å². The molecular formula is C23H32N4O2. The predicted octanol–water partition coefficient (Wildman–Crippen LogP) is 3.77. The van der Waals surface area contributed by atoms with Gasteiger partial charge in [0.1, 0.15) is 5.82 Å². The minimum absolute atomic E-state index is 0.529. The highest BCUT2D eigenvalue weighted by atomic mass is 16.5. The fourth-order valence-electron chi connectivity index (χ4n) is 4.83. The van der Waals surface area contributed by atoms with E-state index in [1.165, 1.54) is 75.5 Å². The van der Waals surface area contributed by atoms with E-state index in [2.05, 4.69) is 15.5 Å². The third kappa shape index (κ3) is 5.06. The van der Waals surface area contributed by atoms with Crippen molar-refractivity contribution < 1.29 is 10.0 Å². The van der Waals surface area contributed by atoms with E-state index in [9.17, 15) is 4.79 Å². The molecule has 2 aromatic rings. The Bertz CT molecular complexity index is 861. The molecule has 2 aliphatic rings. The van der Waals surface area contributed by atoms with Crippen molar-refractivity contribution in [2.24, 2.45) is 5.92 Å². The highest BCUT2D eigenvalue weighted by Crippen LogP contribution is 2.29. The average molecular weight is 397 g/mol. The molecule has 4 rings (SSSR count). The fourth-order valence-corrected chi connectivity index (χ4v) is 4.83.